The van der Waals surface area contributed by atoms with Crippen molar-refractivity contribution in [2.75, 3.05) is 19.0 Å². The predicted octanol–water partition coefficient (Wildman–Crippen LogP) is 1.97. The van der Waals surface area contributed by atoms with Crippen LogP contribution in [-0.2, 0) is 13.6 Å². The molecule has 3 heterocycles. The first-order valence-corrected chi connectivity index (χ1v) is 8.30. The molecule has 130 valence electrons. The number of methoxy groups -OCH3 is 1. The molecule has 0 spiro atoms. The van der Waals surface area contributed by atoms with E-state index in [1.807, 2.05) is 36.3 Å². The van der Waals surface area contributed by atoms with E-state index in [9.17, 15) is 0 Å². The van der Waals surface area contributed by atoms with E-state index in [0.29, 0.717) is 11.7 Å². The molecule has 1 aliphatic rings. The second-order valence-corrected chi connectivity index (χ2v) is 6.51. The fourth-order valence-corrected chi connectivity index (χ4v) is 2.97. The van der Waals surface area contributed by atoms with E-state index in [4.69, 9.17) is 4.74 Å². The number of ether oxygens (including phenoxy) is 1. The highest BCUT2D eigenvalue weighted by Gasteiger charge is 2.43. The van der Waals surface area contributed by atoms with E-state index in [1.165, 1.54) is 12.8 Å². The van der Waals surface area contributed by atoms with Gasteiger partial charge >= 0.3 is 0 Å². The average molecular weight is 339 g/mol. The van der Waals surface area contributed by atoms with Gasteiger partial charge in [0, 0.05) is 44.1 Å². The molecule has 0 amide bonds. The number of hydrogen-bond donors (Lipinski definition) is 1. The van der Waals surface area contributed by atoms with Gasteiger partial charge < -0.3 is 10.1 Å². The summed E-state index contributed by atoms with van der Waals surface area (Å²) in [6, 6.07) is 3.87. The van der Waals surface area contributed by atoms with Gasteiger partial charge in [-0.2, -0.15) is 10.2 Å². The molecule has 1 aliphatic carbocycles. The topological polar surface area (TPSA) is 82.7 Å². The summed E-state index contributed by atoms with van der Waals surface area (Å²) in [4.78, 5) is 9.02. The highest BCUT2D eigenvalue weighted by Crippen LogP contribution is 2.47. The summed E-state index contributed by atoms with van der Waals surface area (Å²) >= 11 is 0. The van der Waals surface area contributed by atoms with E-state index in [1.54, 1.807) is 24.2 Å². The quantitative estimate of drug-likeness (QED) is 0.709. The molecule has 3 aromatic heterocycles. The van der Waals surface area contributed by atoms with Gasteiger partial charge in [0.1, 0.15) is 5.69 Å². The third-order valence-electron chi connectivity index (χ3n) is 4.67. The van der Waals surface area contributed by atoms with Crippen LogP contribution >= 0.6 is 0 Å². The van der Waals surface area contributed by atoms with Crippen LogP contribution in [0.5, 0.6) is 5.75 Å². The van der Waals surface area contributed by atoms with Crippen LogP contribution in [0.2, 0.25) is 0 Å². The Morgan fingerprint density at radius 3 is 2.80 bits per heavy atom. The molecular weight excluding hydrogens is 318 g/mol. The third kappa shape index (κ3) is 3.19. The second-order valence-electron chi connectivity index (χ2n) is 6.51. The van der Waals surface area contributed by atoms with E-state index >= 15 is 0 Å². The van der Waals surface area contributed by atoms with Crippen molar-refractivity contribution in [3.05, 3.63) is 36.9 Å². The number of nitrogens with zero attached hydrogens (tertiary/aromatic N) is 6. The van der Waals surface area contributed by atoms with Crippen LogP contribution in [0.1, 0.15) is 12.8 Å². The van der Waals surface area contributed by atoms with Gasteiger partial charge in [-0.05, 0) is 25.0 Å². The van der Waals surface area contributed by atoms with Gasteiger partial charge in [-0.3, -0.25) is 9.36 Å². The molecule has 0 bridgehead atoms. The van der Waals surface area contributed by atoms with Crippen LogP contribution in [0, 0.1) is 5.41 Å². The average Bonchev–Trinajstić information content (AvgIpc) is 2.99. The van der Waals surface area contributed by atoms with Crippen molar-refractivity contribution < 1.29 is 4.74 Å². The molecule has 1 fully saturated rings. The first kappa shape index (κ1) is 15.6. The normalized spacial score (nSPS) is 15.1. The van der Waals surface area contributed by atoms with E-state index < -0.39 is 0 Å². The molecule has 8 nitrogen and oxygen atoms in total. The molecule has 0 atom stereocenters. The minimum absolute atomic E-state index is 0.238. The summed E-state index contributed by atoms with van der Waals surface area (Å²) in [5, 5.41) is 11.9. The number of hydrogen-bond acceptors (Lipinski definition) is 6. The van der Waals surface area contributed by atoms with Crippen LogP contribution in [-0.4, -0.2) is 43.2 Å². The third-order valence-corrected chi connectivity index (χ3v) is 4.67. The Morgan fingerprint density at radius 1 is 1.28 bits per heavy atom. The molecule has 8 heteroatoms. The summed E-state index contributed by atoms with van der Waals surface area (Å²) in [7, 11) is 3.50. The van der Waals surface area contributed by atoms with Gasteiger partial charge in [-0.15, -0.1) is 0 Å². The SMILES string of the molecule is COc1cnc(NCC2(Cn3cccn3)CC2)nc1-c1ccnn1C. The highest BCUT2D eigenvalue weighted by molar-refractivity contribution is 5.63. The van der Waals surface area contributed by atoms with Crippen molar-refractivity contribution in [2.24, 2.45) is 12.5 Å². The first-order chi connectivity index (χ1) is 12.2. The molecule has 0 saturated heterocycles. The van der Waals surface area contributed by atoms with E-state index in [2.05, 4.69) is 25.5 Å². The van der Waals surface area contributed by atoms with Crippen molar-refractivity contribution in [1.29, 1.82) is 0 Å². The van der Waals surface area contributed by atoms with E-state index in [0.717, 1.165) is 24.5 Å². The predicted molar refractivity (Wildman–Crippen MR) is 93.2 cm³/mol. The zero-order chi connectivity index (χ0) is 17.3. The molecule has 1 saturated carbocycles. The molecule has 4 rings (SSSR count). The molecule has 1 N–H and O–H groups in total. The maximum atomic E-state index is 5.40. The van der Waals surface area contributed by atoms with Crippen LogP contribution in [0.15, 0.2) is 36.9 Å². The maximum Gasteiger partial charge on any atom is 0.223 e. The molecule has 0 aromatic carbocycles. The van der Waals surface area contributed by atoms with Gasteiger partial charge in [-0.25, -0.2) is 9.97 Å². The number of rotatable bonds is 7. The van der Waals surface area contributed by atoms with Gasteiger partial charge in [0.2, 0.25) is 5.95 Å². The first-order valence-electron chi connectivity index (χ1n) is 8.30. The Hall–Kier alpha value is -2.90. The monoisotopic (exact) mass is 339 g/mol. The van der Waals surface area contributed by atoms with E-state index in [-0.39, 0.29) is 5.41 Å². The fourth-order valence-electron chi connectivity index (χ4n) is 2.97. The molecule has 0 radical (unpaired) electrons. The Bertz CT molecular complexity index is 852. The van der Waals surface area contributed by atoms with Crippen molar-refractivity contribution in [3.8, 4) is 17.1 Å². The molecule has 0 aliphatic heterocycles. The van der Waals surface area contributed by atoms with Gasteiger partial charge in [-0.1, -0.05) is 0 Å². The van der Waals surface area contributed by atoms with Crippen molar-refractivity contribution in [1.82, 2.24) is 29.5 Å². The van der Waals surface area contributed by atoms with Crippen molar-refractivity contribution in [3.63, 3.8) is 0 Å². The summed E-state index contributed by atoms with van der Waals surface area (Å²) in [6.45, 7) is 1.74. The molecule has 3 aromatic rings. The minimum Gasteiger partial charge on any atom is -0.493 e. The van der Waals surface area contributed by atoms with Gasteiger partial charge in [0.15, 0.2) is 5.75 Å². The second kappa shape index (κ2) is 6.19. The zero-order valence-electron chi connectivity index (χ0n) is 14.4. The number of anilines is 1. The summed E-state index contributed by atoms with van der Waals surface area (Å²) < 4.78 is 9.16. The minimum atomic E-state index is 0.238. The largest absolute Gasteiger partial charge is 0.493 e. The summed E-state index contributed by atoms with van der Waals surface area (Å²) in [6.07, 6.45) is 9.63. The Morgan fingerprint density at radius 2 is 2.16 bits per heavy atom. The van der Waals surface area contributed by atoms with Crippen LogP contribution in [0.3, 0.4) is 0 Å². The lowest BCUT2D eigenvalue weighted by Crippen LogP contribution is -2.22. The lowest BCUT2D eigenvalue weighted by Gasteiger charge is -2.17. The zero-order valence-corrected chi connectivity index (χ0v) is 14.4. The van der Waals surface area contributed by atoms with Gasteiger partial charge in [0.25, 0.3) is 0 Å². The van der Waals surface area contributed by atoms with Crippen LogP contribution in [0.4, 0.5) is 5.95 Å². The van der Waals surface area contributed by atoms with Crippen LogP contribution < -0.4 is 10.1 Å². The molecule has 0 unspecified atom stereocenters. The van der Waals surface area contributed by atoms with Crippen molar-refractivity contribution in [2.45, 2.75) is 19.4 Å². The number of aromatic nitrogens is 6. The summed E-state index contributed by atoms with van der Waals surface area (Å²) in [5.74, 6) is 1.23. The van der Waals surface area contributed by atoms with Crippen LogP contribution in [0.25, 0.3) is 11.4 Å². The Kier molecular flexibility index (Phi) is 3.87. The Balaban J connectivity index is 1.51. The lowest BCUT2D eigenvalue weighted by atomic mass is 10.1. The fraction of sp³-hybridized carbons (Fsp3) is 0.412. The molecular formula is C17H21N7O. The standard InChI is InChI=1S/C17H21N7O/c1-23-13(4-8-20-23)15-14(25-2)10-18-16(22-15)19-11-17(5-6-17)12-24-9-3-7-21-24/h3-4,7-10H,5-6,11-12H2,1-2H3,(H,18,19,22). The summed E-state index contributed by atoms with van der Waals surface area (Å²) in [5.41, 5.74) is 1.86. The highest BCUT2D eigenvalue weighted by atomic mass is 16.5. The van der Waals surface area contributed by atoms with Gasteiger partial charge in [0.05, 0.1) is 19.0 Å². The number of aryl methyl sites for hydroxylation is 1. The van der Waals surface area contributed by atoms with Crippen molar-refractivity contribution >= 4 is 5.95 Å². The number of nitrogens with one attached hydrogen (secondary N) is 1. The lowest BCUT2D eigenvalue weighted by molar-refractivity contribution is 0.410. The smallest absolute Gasteiger partial charge is 0.223 e. The Labute approximate surface area is 145 Å². The maximum absolute atomic E-state index is 5.40. The molecule has 25 heavy (non-hydrogen) atoms.